The molecule has 0 aromatic carbocycles. The third-order valence-corrected chi connectivity index (χ3v) is 5.15. The van der Waals surface area contributed by atoms with Gasteiger partial charge in [-0.2, -0.15) is 5.10 Å². The van der Waals surface area contributed by atoms with Crippen LogP contribution in [0, 0.1) is 0 Å². The molecule has 1 saturated heterocycles. The number of hydrogen-bond acceptors (Lipinski definition) is 6. The predicted molar refractivity (Wildman–Crippen MR) is 95.3 cm³/mol. The van der Waals surface area contributed by atoms with E-state index in [0.717, 1.165) is 43.9 Å². The van der Waals surface area contributed by atoms with Gasteiger partial charge in [0, 0.05) is 51.0 Å². The minimum Gasteiger partial charge on any atom is -0.350 e. The topological polar surface area (TPSA) is 67.2 Å². The van der Waals surface area contributed by atoms with E-state index >= 15 is 0 Å². The number of piperidine rings is 1. The molecule has 0 amide bonds. The zero-order valence-electron chi connectivity index (χ0n) is 14.6. The van der Waals surface area contributed by atoms with Crippen LogP contribution in [0.4, 0.5) is 5.82 Å². The van der Waals surface area contributed by atoms with Crippen molar-refractivity contribution in [3.8, 4) is 0 Å². The van der Waals surface area contributed by atoms with E-state index in [9.17, 15) is 4.79 Å². The SMILES string of the molecule is Cn1ncc(CN2CCC(N(c3ccncn3)C3CC3)CC2)cc1=O. The Morgan fingerprint density at radius 1 is 1.20 bits per heavy atom. The number of anilines is 1. The predicted octanol–water partition coefficient (Wildman–Crippen LogP) is 1.20. The highest BCUT2D eigenvalue weighted by atomic mass is 16.1. The van der Waals surface area contributed by atoms with Gasteiger partial charge in [0.2, 0.25) is 0 Å². The van der Waals surface area contributed by atoms with Crippen LogP contribution in [-0.2, 0) is 13.6 Å². The Morgan fingerprint density at radius 2 is 1.96 bits per heavy atom. The summed E-state index contributed by atoms with van der Waals surface area (Å²) in [5.41, 5.74) is 0.951. The number of hydrogen-bond donors (Lipinski definition) is 0. The lowest BCUT2D eigenvalue weighted by atomic mass is 10.0. The molecule has 0 N–H and O–H groups in total. The van der Waals surface area contributed by atoms with E-state index in [4.69, 9.17) is 0 Å². The van der Waals surface area contributed by atoms with Crippen LogP contribution in [0.1, 0.15) is 31.2 Å². The van der Waals surface area contributed by atoms with Crippen molar-refractivity contribution in [3.05, 3.63) is 46.8 Å². The average Bonchev–Trinajstić information content (AvgIpc) is 3.46. The molecule has 2 aromatic rings. The number of nitrogens with zero attached hydrogens (tertiary/aromatic N) is 6. The van der Waals surface area contributed by atoms with E-state index in [1.54, 1.807) is 25.6 Å². The molecule has 1 aliphatic carbocycles. The first-order valence-corrected chi connectivity index (χ1v) is 8.99. The first-order valence-electron chi connectivity index (χ1n) is 8.99. The van der Waals surface area contributed by atoms with Crippen molar-refractivity contribution in [2.75, 3.05) is 18.0 Å². The fourth-order valence-electron chi connectivity index (χ4n) is 3.67. The van der Waals surface area contributed by atoms with Crippen LogP contribution in [0.25, 0.3) is 0 Å². The molecular formula is C18H24N6O. The second kappa shape index (κ2) is 6.92. The van der Waals surface area contributed by atoms with Crippen molar-refractivity contribution in [3.63, 3.8) is 0 Å². The molecule has 1 saturated carbocycles. The number of rotatable bonds is 5. The highest BCUT2D eigenvalue weighted by Crippen LogP contribution is 2.35. The van der Waals surface area contributed by atoms with Crippen molar-refractivity contribution in [2.24, 2.45) is 7.05 Å². The zero-order valence-corrected chi connectivity index (χ0v) is 14.6. The normalized spacial score (nSPS) is 19.1. The molecule has 0 unspecified atom stereocenters. The quantitative estimate of drug-likeness (QED) is 0.815. The van der Waals surface area contributed by atoms with Gasteiger partial charge >= 0.3 is 0 Å². The summed E-state index contributed by atoms with van der Waals surface area (Å²) in [6, 6.07) is 4.90. The van der Waals surface area contributed by atoms with Gasteiger partial charge in [0.05, 0.1) is 6.20 Å². The maximum Gasteiger partial charge on any atom is 0.266 e. The fourth-order valence-corrected chi connectivity index (χ4v) is 3.67. The fraction of sp³-hybridized carbons (Fsp3) is 0.556. The first-order chi connectivity index (χ1) is 12.2. The van der Waals surface area contributed by atoms with Crippen LogP contribution in [0.2, 0.25) is 0 Å². The van der Waals surface area contributed by atoms with E-state index in [1.165, 1.54) is 17.5 Å². The minimum atomic E-state index is -0.0453. The Kier molecular flexibility index (Phi) is 4.48. The summed E-state index contributed by atoms with van der Waals surface area (Å²) in [4.78, 5) is 25.2. The summed E-state index contributed by atoms with van der Waals surface area (Å²) in [7, 11) is 1.68. The summed E-state index contributed by atoms with van der Waals surface area (Å²) in [6.07, 6.45) is 10.0. The van der Waals surface area contributed by atoms with Gasteiger partial charge in [-0.05, 0) is 37.3 Å². The molecule has 2 aliphatic rings. The first kappa shape index (κ1) is 16.2. The molecule has 7 heteroatoms. The summed E-state index contributed by atoms with van der Waals surface area (Å²) in [5.74, 6) is 1.06. The second-order valence-electron chi connectivity index (χ2n) is 7.04. The lowest BCUT2D eigenvalue weighted by Gasteiger charge is -2.39. The molecule has 2 fully saturated rings. The van der Waals surface area contributed by atoms with Gasteiger partial charge in [0.1, 0.15) is 12.1 Å². The van der Waals surface area contributed by atoms with Gasteiger partial charge in [-0.25, -0.2) is 14.6 Å². The molecular weight excluding hydrogens is 316 g/mol. The zero-order chi connectivity index (χ0) is 17.2. The van der Waals surface area contributed by atoms with Crippen molar-refractivity contribution in [1.29, 1.82) is 0 Å². The van der Waals surface area contributed by atoms with E-state index in [0.29, 0.717) is 12.1 Å². The molecule has 7 nitrogen and oxygen atoms in total. The molecule has 4 rings (SSSR count). The molecule has 0 radical (unpaired) electrons. The summed E-state index contributed by atoms with van der Waals surface area (Å²) in [5, 5.41) is 4.11. The summed E-state index contributed by atoms with van der Waals surface area (Å²) < 4.78 is 1.37. The standard InChI is InChI=1S/C18H24N6O/c1-22-18(25)10-14(11-21-22)12-23-8-5-16(6-9-23)24(15-2-3-15)17-4-7-19-13-20-17/h4,7,10-11,13,15-16H,2-3,5-6,8-9,12H2,1H3. The van der Waals surface area contributed by atoms with Gasteiger partial charge in [-0.15, -0.1) is 0 Å². The van der Waals surface area contributed by atoms with E-state index in [-0.39, 0.29) is 5.56 Å². The van der Waals surface area contributed by atoms with Gasteiger partial charge in [0.15, 0.2) is 0 Å². The Morgan fingerprint density at radius 3 is 2.60 bits per heavy atom. The third kappa shape index (κ3) is 3.71. The lowest BCUT2D eigenvalue weighted by molar-refractivity contribution is 0.200. The van der Waals surface area contributed by atoms with Crippen LogP contribution in [0.15, 0.2) is 35.6 Å². The van der Waals surface area contributed by atoms with Crippen molar-refractivity contribution < 1.29 is 0 Å². The summed E-state index contributed by atoms with van der Waals surface area (Å²) >= 11 is 0. The molecule has 0 spiro atoms. The average molecular weight is 340 g/mol. The number of aromatic nitrogens is 4. The third-order valence-electron chi connectivity index (χ3n) is 5.15. The largest absolute Gasteiger partial charge is 0.350 e. The van der Waals surface area contributed by atoms with Crippen molar-refractivity contribution in [2.45, 2.75) is 44.3 Å². The Hall–Kier alpha value is -2.28. The van der Waals surface area contributed by atoms with Crippen LogP contribution in [0.5, 0.6) is 0 Å². The highest BCUT2D eigenvalue weighted by Gasteiger charge is 2.36. The Balaban J connectivity index is 1.39. The molecule has 132 valence electrons. The van der Waals surface area contributed by atoms with Gasteiger partial charge in [-0.3, -0.25) is 9.69 Å². The minimum absolute atomic E-state index is 0.0453. The number of likely N-dealkylation sites (tertiary alicyclic amines) is 1. The van der Waals surface area contributed by atoms with Crippen LogP contribution >= 0.6 is 0 Å². The maximum atomic E-state index is 11.7. The van der Waals surface area contributed by atoms with Crippen molar-refractivity contribution in [1.82, 2.24) is 24.6 Å². The lowest BCUT2D eigenvalue weighted by Crippen LogP contribution is -2.46. The van der Waals surface area contributed by atoms with Crippen LogP contribution in [-0.4, -0.2) is 49.8 Å². The van der Waals surface area contributed by atoms with E-state index < -0.39 is 0 Å². The van der Waals surface area contributed by atoms with E-state index in [2.05, 4.69) is 24.9 Å². The van der Waals surface area contributed by atoms with Crippen LogP contribution in [0.3, 0.4) is 0 Å². The second-order valence-corrected chi connectivity index (χ2v) is 7.04. The molecule has 0 atom stereocenters. The Labute approximate surface area is 147 Å². The smallest absolute Gasteiger partial charge is 0.266 e. The molecule has 0 bridgehead atoms. The van der Waals surface area contributed by atoms with E-state index in [1.807, 2.05) is 12.3 Å². The summed E-state index contributed by atoms with van der Waals surface area (Å²) in [6.45, 7) is 2.87. The Bertz CT molecular complexity index is 765. The van der Waals surface area contributed by atoms with Crippen LogP contribution < -0.4 is 10.5 Å². The van der Waals surface area contributed by atoms with Gasteiger partial charge in [-0.1, -0.05) is 0 Å². The van der Waals surface area contributed by atoms with Crippen molar-refractivity contribution >= 4 is 5.82 Å². The molecule has 25 heavy (non-hydrogen) atoms. The highest BCUT2D eigenvalue weighted by molar-refractivity contribution is 5.41. The van der Waals surface area contributed by atoms with Gasteiger partial charge in [0.25, 0.3) is 5.56 Å². The molecule has 3 heterocycles. The molecule has 2 aromatic heterocycles. The number of aryl methyl sites for hydroxylation is 1. The molecule has 1 aliphatic heterocycles. The van der Waals surface area contributed by atoms with Gasteiger partial charge < -0.3 is 4.90 Å². The monoisotopic (exact) mass is 340 g/mol. The maximum absolute atomic E-state index is 11.7.